The lowest BCUT2D eigenvalue weighted by atomic mass is 10.2. The predicted octanol–water partition coefficient (Wildman–Crippen LogP) is 2.03. The molecule has 0 amide bonds. The van der Waals surface area contributed by atoms with Crippen molar-refractivity contribution in [2.75, 3.05) is 6.61 Å². The van der Waals surface area contributed by atoms with Gasteiger partial charge in [-0.3, -0.25) is 0 Å². The maximum absolute atomic E-state index is 4.88. The number of rotatable bonds is 1. The van der Waals surface area contributed by atoms with Crippen LogP contribution in [0.25, 0.3) is 0 Å². The van der Waals surface area contributed by atoms with Crippen molar-refractivity contribution in [3.05, 3.63) is 35.9 Å². The Kier molecular flexibility index (Phi) is 3.08. The molecule has 0 radical (unpaired) electrons. The van der Waals surface area contributed by atoms with Crippen LogP contribution < -0.4 is 0 Å². The van der Waals surface area contributed by atoms with E-state index in [9.17, 15) is 0 Å². The van der Waals surface area contributed by atoms with Crippen molar-refractivity contribution in [1.82, 2.24) is 0 Å². The first kappa shape index (κ1) is 7.68. The normalized spacial score (nSPS) is 8.09. The fraction of sp³-hybridized carbons (Fsp3) is 0.200. The average Bonchev–Trinajstić information content (AvgIpc) is 2.07. The molecule has 0 fully saturated rings. The Hall–Kier alpha value is -1.42. The van der Waals surface area contributed by atoms with Gasteiger partial charge in [0.15, 0.2) is 0 Å². The summed E-state index contributed by atoms with van der Waals surface area (Å²) in [5.74, 6) is 2.87. The second-order valence-electron chi connectivity index (χ2n) is 2.03. The van der Waals surface area contributed by atoms with Crippen molar-refractivity contribution in [2.24, 2.45) is 0 Å². The third-order valence-corrected chi connectivity index (χ3v) is 1.19. The molecule has 56 valence electrons. The third kappa shape index (κ3) is 2.77. The van der Waals surface area contributed by atoms with Crippen LogP contribution in [0.2, 0.25) is 0 Å². The van der Waals surface area contributed by atoms with E-state index >= 15 is 0 Å². The highest BCUT2D eigenvalue weighted by Gasteiger charge is 1.79. The van der Waals surface area contributed by atoms with Crippen LogP contribution in [0.4, 0.5) is 0 Å². The van der Waals surface area contributed by atoms with Crippen LogP contribution in [0.1, 0.15) is 12.5 Å². The van der Waals surface area contributed by atoms with E-state index in [1.807, 2.05) is 37.3 Å². The largest absolute Gasteiger partial charge is 0.447 e. The van der Waals surface area contributed by atoms with Crippen molar-refractivity contribution in [2.45, 2.75) is 6.92 Å². The number of hydrogen-bond donors (Lipinski definition) is 0. The fourth-order valence-electron chi connectivity index (χ4n) is 0.689. The van der Waals surface area contributed by atoms with Crippen molar-refractivity contribution < 1.29 is 4.74 Å². The molecule has 0 spiro atoms. The molecule has 1 rings (SSSR count). The summed E-state index contributed by atoms with van der Waals surface area (Å²) in [6.07, 6.45) is 2.60. The molecule has 1 heteroatoms. The second kappa shape index (κ2) is 4.40. The molecule has 0 heterocycles. The molecule has 0 aliphatic carbocycles. The van der Waals surface area contributed by atoms with Crippen LogP contribution in [0, 0.1) is 12.0 Å². The molecule has 0 aliphatic rings. The first-order valence-corrected chi connectivity index (χ1v) is 3.61. The van der Waals surface area contributed by atoms with Gasteiger partial charge in [-0.2, -0.15) is 0 Å². The molecule has 1 nitrogen and oxygen atoms in total. The number of hydrogen-bond acceptors (Lipinski definition) is 1. The van der Waals surface area contributed by atoms with Crippen LogP contribution in [0.15, 0.2) is 30.3 Å². The highest BCUT2D eigenvalue weighted by atomic mass is 16.5. The summed E-state index contributed by atoms with van der Waals surface area (Å²) in [5, 5.41) is 0. The van der Waals surface area contributed by atoms with Gasteiger partial charge in [-0.25, -0.2) is 0 Å². The third-order valence-electron chi connectivity index (χ3n) is 1.19. The van der Waals surface area contributed by atoms with Gasteiger partial charge in [0.05, 0.1) is 6.61 Å². The SMILES string of the molecule is CCOC#Cc1ccccc1. The van der Waals surface area contributed by atoms with E-state index in [0.29, 0.717) is 6.61 Å². The smallest absolute Gasteiger partial charge is 0.115 e. The molecular weight excluding hydrogens is 136 g/mol. The van der Waals surface area contributed by atoms with Gasteiger partial charge < -0.3 is 4.74 Å². The van der Waals surface area contributed by atoms with Gasteiger partial charge in [0.1, 0.15) is 6.11 Å². The molecular formula is C10H10O. The Morgan fingerprint density at radius 3 is 2.64 bits per heavy atom. The lowest BCUT2D eigenvalue weighted by molar-refractivity contribution is 0.299. The van der Waals surface area contributed by atoms with E-state index < -0.39 is 0 Å². The molecule has 0 aliphatic heterocycles. The fourth-order valence-corrected chi connectivity index (χ4v) is 0.689. The highest BCUT2D eigenvalue weighted by Crippen LogP contribution is 1.94. The summed E-state index contributed by atoms with van der Waals surface area (Å²) < 4.78 is 4.88. The van der Waals surface area contributed by atoms with E-state index in [4.69, 9.17) is 4.74 Å². The summed E-state index contributed by atoms with van der Waals surface area (Å²) in [6.45, 7) is 2.56. The summed E-state index contributed by atoms with van der Waals surface area (Å²) in [5.41, 5.74) is 0.987. The van der Waals surface area contributed by atoms with Gasteiger partial charge >= 0.3 is 0 Å². The molecule has 1 aromatic carbocycles. The maximum Gasteiger partial charge on any atom is 0.115 e. The zero-order chi connectivity index (χ0) is 7.94. The molecule has 0 unspecified atom stereocenters. The molecule has 0 saturated heterocycles. The topological polar surface area (TPSA) is 9.23 Å². The first-order valence-electron chi connectivity index (χ1n) is 3.61. The number of ether oxygens (including phenoxy) is 1. The molecule has 0 saturated carbocycles. The maximum atomic E-state index is 4.88. The minimum Gasteiger partial charge on any atom is -0.447 e. The molecule has 0 N–H and O–H groups in total. The van der Waals surface area contributed by atoms with E-state index in [2.05, 4.69) is 12.0 Å². The second-order valence-corrected chi connectivity index (χ2v) is 2.03. The van der Waals surface area contributed by atoms with Gasteiger partial charge in [-0.05, 0) is 25.0 Å². The summed E-state index contributed by atoms with van der Waals surface area (Å²) >= 11 is 0. The van der Waals surface area contributed by atoms with Crippen molar-refractivity contribution in [3.63, 3.8) is 0 Å². The summed E-state index contributed by atoms with van der Waals surface area (Å²) in [6, 6.07) is 9.77. The minimum absolute atomic E-state index is 0.639. The quantitative estimate of drug-likeness (QED) is 0.551. The number of benzene rings is 1. The van der Waals surface area contributed by atoms with Crippen LogP contribution in [0.5, 0.6) is 0 Å². The van der Waals surface area contributed by atoms with Crippen molar-refractivity contribution >= 4 is 0 Å². The van der Waals surface area contributed by atoms with Crippen LogP contribution in [0.3, 0.4) is 0 Å². The lowest BCUT2D eigenvalue weighted by Crippen LogP contribution is -1.77. The zero-order valence-electron chi connectivity index (χ0n) is 6.50. The zero-order valence-corrected chi connectivity index (χ0v) is 6.50. The van der Waals surface area contributed by atoms with Crippen LogP contribution >= 0.6 is 0 Å². The van der Waals surface area contributed by atoms with Gasteiger partial charge in [0, 0.05) is 5.56 Å². The predicted molar refractivity (Wildman–Crippen MR) is 44.9 cm³/mol. The average molecular weight is 146 g/mol. The monoisotopic (exact) mass is 146 g/mol. The highest BCUT2D eigenvalue weighted by molar-refractivity contribution is 5.32. The van der Waals surface area contributed by atoms with Gasteiger partial charge in [0.2, 0.25) is 0 Å². The Bertz CT molecular complexity index is 253. The van der Waals surface area contributed by atoms with Gasteiger partial charge in [-0.1, -0.05) is 18.2 Å². The van der Waals surface area contributed by atoms with E-state index in [-0.39, 0.29) is 0 Å². The van der Waals surface area contributed by atoms with Crippen LogP contribution in [-0.4, -0.2) is 6.61 Å². The Balaban J connectivity index is 2.59. The van der Waals surface area contributed by atoms with Crippen molar-refractivity contribution in [3.8, 4) is 12.0 Å². The molecule has 11 heavy (non-hydrogen) atoms. The standard InChI is InChI=1S/C10H10O/c1-2-11-9-8-10-6-4-3-5-7-10/h3-7H,2H2,1H3. The van der Waals surface area contributed by atoms with E-state index in [1.165, 1.54) is 0 Å². The van der Waals surface area contributed by atoms with Gasteiger partial charge in [-0.15, -0.1) is 0 Å². The first-order chi connectivity index (χ1) is 5.43. The molecule has 0 bridgehead atoms. The Morgan fingerprint density at radius 2 is 2.00 bits per heavy atom. The lowest BCUT2D eigenvalue weighted by Gasteiger charge is -1.87. The summed E-state index contributed by atoms with van der Waals surface area (Å²) in [4.78, 5) is 0. The molecule has 1 aromatic rings. The van der Waals surface area contributed by atoms with Crippen molar-refractivity contribution in [1.29, 1.82) is 0 Å². The molecule has 0 atom stereocenters. The minimum atomic E-state index is 0.639. The summed E-state index contributed by atoms with van der Waals surface area (Å²) in [7, 11) is 0. The van der Waals surface area contributed by atoms with Gasteiger partial charge in [0.25, 0.3) is 0 Å². The van der Waals surface area contributed by atoms with E-state index in [1.54, 1.807) is 0 Å². The van der Waals surface area contributed by atoms with E-state index in [0.717, 1.165) is 5.56 Å². The van der Waals surface area contributed by atoms with Crippen LogP contribution in [-0.2, 0) is 4.74 Å². The Morgan fingerprint density at radius 1 is 1.27 bits per heavy atom. The molecule has 0 aromatic heterocycles. The Labute approximate surface area is 67.0 Å².